The zero-order valence-electron chi connectivity index (χ0n) is 12.8. The summed E-state index contributed by atoms with van der Waals surface area (Å²) in [7, 11) is 0. The minimum atomic E-state index is -0.398. The second-order valence-electron chi connectivity index (χ2n) is 5.59. The van der Waals surface area contributed by atoms with E-state index in [0.29, 0.717) is 29.9 Å². The fourth-order valence-electron chi connectivity index (χ4n) is 2.12. The van der Waals surface area contributed by atoms with Crippen LogP contribution in [0.4, 0.5) is 11.8 Å². The molecule has 0 aromatic carbocycles. The van der Waals surface area contributed by atoms with E-state index in [2.05, 4.69) is 51.3 Å². The smallest absolute Gasteiger partial charge is 0.226 e. The third-order valence-corrected chi connectivity index (χ3v) is 3.07. The summed E-state index contributed by atoms with van der Waals surface area (Å²) >= 11 is 0. The van der Waals surface area contributed by atoms with Gasteiger partial charge in [-0.25, -0.2) is 4.98 Å². The van der Waals surface area contributed by atoms with Gasteiger partial charge in [-0.15, -0.1) is 0 Å². The summed E-state index contributed by atoms with van der Waals surface area (Å²) in [4.78, 5) is 16.0. The molecule has 0 aliphatic carbocycles. The predicted octanol–water partition coefficient (Wildman–Crippen LogP) is 1.99. The van der Waals surface area contributed by atoms with Crippen molar-refractivity contribution >= 4 is 22.9 Å². The second kappa shape index (κ2) is 7.21. The van der Waals surface area contributed by atoms with Gasteiger partial charge in [0.05, 0.1) is 12.4 Å². The number of hydrogen-bond acceptors (Lipinski definition) is 6. The SMILES string of the molecule is CCCNc1nc(NCC(O)CC(C)C)c2[nH]cnc2n1. The van der Waals surface area contributed by atoms with E-state index in [4.69, 9.17) is 0 Å². The van der Waals surface area contributed by atoms with Gasteiger partial charge in [-0.3, -0.25) is 0 Å². The van der Waals surface area contributed by atoms with Gasteiger partial charge in [0.15, 0.2) is 11.5 Å². The fraction of sp³-hybridized carbons (Fsp3) is 0.643. The summed E-state index contributed by atoms with van der Waals surface area (Å²) in [6.45, 7) is 7.53. The number of aromatic amines is 1. The normalized spacial score (nSPS) is 12.8. The van der Waals surface area contributed by atoms with E-state index in [-0.39, 0.29) is 0 Å². The molecule has 0 aliphatic rings. The molecule has 2 heterocycles. The average Bonchev–Trinajstić information content (AvgIpc) is 2.90. The van der Waals surface area contributed by atoms with Gasteiger partial charge >= 0.3 is 0 Å². The first-order valence-corrected chi connectivity index (χ1v) is 7.47. The molecule has 0 saturated carbocycles. The molecule has 4 N–H and O–H groups in total. The minimum Gasteiger partial charge on any atom is -0.391 e. The van der Waals surface area contributed by atoms with E-state index in [0.717, 1.165) is 24.9 Å². The number of anilines is 2. The molecule has 0 bridgehead atoms. The highest BCUT2D eigenvalue weighted by Crippen LogP contribution is 2.19. The van der Waals surface area contributed by atoms with Gasteiger partial charge in [-0.05, 0) is 18.8 Å². The van der Waals surface area contributed by atoms with Gasteiger partial charge in [0, 0.05) is 13.1 Å². The fourth-order valence-corrected chi connectivity index (χ4v) is 2.12. The number of nitrogens with zero attached hydrogens (tertiary/aromatic N) is 3. The van der Waals surface area contributed by atoms with Crippen molar-refractivity contribution in [2.24, 2.45) is 5.92 Å². The molecule has 1 atom stereocenters. The Morgan fingerprint density at radius 1 is 1.29 bits per heavy atom. The summed E-state index contributed by atoms with van der Waals surface area (Å²) in [5.41, 5.74) is 1.37. The van der Waals surface area contributed by atoms with Gasteiger partial charge in [-0.2, -0.15) is 9.97 Å². The van der Waals surface area contributed by atoms with Crippen molar-refractivity contribution in [1.82, 2.24) is 19.9 Å². The number of nitrogens with one attached hydrogen (secondary N) is 3. The third-order valence-electron chi connectivity index (χ3n) is 3.07. The highest BCUT2D eigenvalue weighted by atomic mass is 16.3. The molecule has 21 heavy (non-hydrogen) atoms. The summed E-state index contributed by atoms with van der Waals surface area (Å²) in [6, 6.07) is 0. The highest BCUT2D eigenvalue weighted by molar-refractivity contribution is 5.83. The van der Waals surface area contributed by atoms with E-state index in [1.54, 1.807) is 6.33 Å². The van der Waals surface area contributed by atoms with Crippen LogP contribution < -0.4 is 10.6 Å². The lowest BCUT2D eigenvalue weighted by Gasteiger charge is -2.15. The molecular weight excluding hydrogens is 268 g/mol. The molecule has 0 fully saturated rings. The topological polar surface area (TPSA) is 98.8 Å². The number of aliphatic hydroxyl groups excluding tert-OH is 1. The van der Waals surface area contributed by atoms with Gasteiger partial charge < -0.3 is 20.7 Å². The molecule has 116 valence electrons. The Morgan fingerprint density at radius 3 is 2.81 bits per heavy atom. The number of imidazole rings is 1. The molecule has 0 amide bonds. The van der Waals surface area contributed by atoms with Gasteiger partial charge in [0.25, 0.3) is 0 Å². The minimum absolute atomic E-state index is 0.398. The van der Waals surface area contributed by atoms with E-state index in [1.165, 1.54) is 0 Å². The maximum absolute atomic E-state index is 9.97. The maximum Gasteiger partial charge on any atom is 0.226 e. The summed E-state index contributed by atoms with van der Waals surface area (Å²) < 4.78 is 0. The average molecular weight is 292 g/mol. The summed E-state index contributed by atoms with van der Waals surface area (Å²) in [6.07, 6.45) is 2.95. The summed E-state index contributed by atoms with van der Waals surface area (Å²) in [5, 5.41) is 16.3. The molecule has 2 aromatic rings. The molecular formula is C14H24N6O. The van der Waals surface area contributed by atoms with Crippen molar-refractivity contribution in [3.63, 3.8) is 0 Å². The Labute approximate surface area is 124 Å². The Hall–Kier alpha value is -1.89. The molecule has 2 aromatic heterocycles. The predicted molar refractivity (Wildman–Crippen MR) is 84.4 cm³/mol. The number of hydrogen-bond donors (Lipinski definition) is 4. The molecule has 7 heteroatoms. The van der Waals surface area contributed by atoms with Crippen LogP contribution in [0.5, 0.6) is 0 Å². The van der Waals surface area contributed by atoms with Crippen molar-refractivity contribution in [2.45, 2.75) is 39.7 Å². The zero-order valence-corrected chi connectivity index (χ0v) is 12.8. The van der Waals surface area contributed by atoms with Gasteiger partial charge in [0.2, 0.25) is 5.95 Å². The first-order chi connectivity index (χ1) is 10.1. The van der Waals surface area contributed by atoms with Crippen LogP contribution in [0.25, 0.3) is 11.2 Å². The Bertz CT molecular complexity index is 568. The van der Waals surface area contributed by atoms with E-state index >= 15 is 0 Å². The third kappa shape index (κ3) is 4.29. The Balaban J connectivity index is 2.11. The van der Waals surface area contributed by atoms with Crippen LogP contribution in [-0.2, 0) is 0 Å². The van der Waals surface area contributed by atoms with E-state index in [9.17, 15) is 5.11 Å². The highest BCUT2D eigenvalue weighted by Gasteiger charge is 2.12. The zero-order chi connectivity index (χ0) is 15.2. The number of fused-ring (bicyclic) bond motifs is 1. The monoisotopic (exact) mass is 292 g/mol. The standard InChI is InChI=1S/C14H24N6O/c1-4-5-15-14-19-12(11-13(20-14)18-8-17-11)16-7-10(21)6-9(2)3/h8-10,21H,4-7H2,1-3H3,(H3,15,16,17,18,19,20). The van der Waals surface area contributed by atoms with E-state index < -0.39 is 6.10 Å². The molecule has 0 aliphatic heterocycles. The Kier molecular flexibility index (Phi) is 5.32. The van der Waals surface area contributed by atoms with Crippen LogP contribution >= 0.6 is 0 Å². The van der Waals surface area contributed by atoms with Crippen LogP contribution in [0.2, 0.25) is 0 Å². The molecule has 0 spiro atoms. The number of rotatable bonds is 8. The van der Waals surface area contributed by atoms with Crippen LogP contribution in [0.1, 0.15) is 33.6 Å². The van der Waals surface area contributed by atoms with Crippen LogP contribution in [0.3, 0.4) is 0 Å². The Morgan fingerprint density at radius 2 is 2.10 bits per heavy atom. The first-order valence-electron chi connectivity index (χ1n) is 7.47. The number of aromatic nitrogens is 4. The lowest BCUT2D eigenvalue weighted by atomic mass is 10.1. The van der Waals surface area contributed by atoms with E-state index in [1.807, 2.05) is 0 Å². The first kappa shape index (κ1) is 15.5. The van der Waals surface area contributed by atoms with Crippen LogP contribution in [0.15, 0.2) is 6.33 Å². The number of H-pyrrole nitrogens is 1. The van der Waals surface area contributed by atoms with Crippen molar-refractivity contribution in [2.75, 3.05) is 23.7 Å². The van der Waals surface area contributed by atoms with Crippen molar-refractivity contribution in [1.29, 1.82) is 0 Å². The van der Waals surface area contributed by atoms with Gasteiger partial charge in [-0.1, -0.05) is 20.8 Å². The largest absolute Gasteiger partial charge is 0.391 e. The van der Waals surface area contributed by atoms with Crippen LogP contribution in [0, 0.1) is 5.92 Å². The quantitative estimate of drug-likeness (QED) is 0.594. The second-order valence-corrected chi connectivity index (χ2v) is 5.59. The van der Waals surface area contributed by atoms with Gasteiger partial charge in [0.1, 0.15) is 5.52 Å². The lowest BCUT2D eigenvalue weighted by Crippen LogP contribution is -2.22. The number of aliphatic hydroxyl groups is 1. The van der Waals surface area contributed by atoms with Crippen molar-refractivity contribution in [3.8, 4) is 0 Å². The van der Waals surface area contributed by atoms with Crippen molar-refractivity contribution in [3.05, 3.63) is 6.33 Å². The molecule has 7 nitrogen and oxygen atoms in total. The van der Waals surface area contributed by atoms with Crippen molar-refractivity contribution < 1.29 is 5.11 Å². The van der Waals surface area contributed by atoms with Crippen LogP contribution in [-0.4, -0.2) is 44.2 Å². The maximum atomic E-state index is 9.97. The molecule has 0 saturated heterocycles. The molecule has 1 unspecified atom stereocenters. The lowest BCUT2D eigenvalue weighted by molar-refractivity contribution is 0.161. The summed E-state index contributed by atoms with van der Waals surface area (Å²) in [5.74, 6) is 1.68. The molecule has 2 rings (SSSR count). The molecule has 0 radical (unpaired) electrons.